The largest absolute Gasteiger partial charge is 0.522 e. The van der Waals surface area contributed by atoms with Gasteiger partial charge in [0.25, 0.3) is 0 Å². The summed E-state index contributed by atoms with van der Waals surface area (Å²) < 4.78 is 43.4. The summed E-state index contributed by atoms with van der Waals surface area (Å²) in [5, 5.41) is 17.7. The average molecular weight is 261 g/mol. The Bertz CT molecular complexity index is 411. The first kappa shape index (κ1) is 14.3. The van der Waals surface area contributed by atoms with Gasteiger partial charge in [0.1, 0.15) is 18.5 Å². The third-order valence-electron chi connectivity index (χ3n) is 1.87. The average Bonchev–Trinajstić information content (AvgIpc) is 2.33. The maximum Gasteiger partial charge on any atom is 0.522 e. The molecule has 98 valence electrons. The van der Waals surface area contributed by atoms with E-state index in [1.807, 2.05) is 6.07 Å². The molecule has 1 rings (SSSR count). The standard InChI is InChI=1S/C11H10F3NO3/c12-11(13,14)18-7-9(16)6-17-10-3-1-8(5-15)2-4-10/h1-4,9,16H,6-7H2. The molecule has 0 heterocycles. The maximum absolute atomic E-state index is 11.7. The first-order valence-corrected chi connectivity index (χ1v) is 4.92. The Morgan fingerprint density at radius 1 is 1.22 bits per heavy atom. The minimum atomic E-state index is -4.77. The normalized spacial score (nSPS) is 12.8. The number of nitriles is 1. The van der Waals surface area contributed by atoms with Crippen LogP contribution < -0.4 is 4.74 Å². The van der Waals surface area contributed by atoms with Crippen LogP contribution in [0, 0.1) is 11.3 Å². The zero-order valence-corrected chi connectivity index (χ0v) is 9.15. The molecule has 0 aliphatic heterocycles. The van der Waals surface area contributed by atoms with Gasteiger partial charge < -0.3 is 9.84 Å². The molecule has 1 atom stereocenters. The van der Waals surface area contributed by atoms with Crippen molar-refractivity contribution in [2.24, 2.45) is 0 Å². The molecule has 0 aromatic heterocycles. The summed E-state index contributed by atoms with van der Waals surface area (Å²) >= 11 is 0. The summed E-state index contributed by atoms with van der Waals surface area (Å²) in [4.78, 5) is 0. The maximum atomic E-state index is 11.7. The Labute approximate surface area is 101 Å². The van der Waals surface area contributed by atoms with Crippen LogP contribution in [-0.4, -0.2) is 30.8 Å². The van der Waals surface area contributed by atoms with Crippen molar-refractivity contribution in [3.63, 3.8) is 0 Å². The van der Waals surface area contributed by atoms with Gasteiger partial charge in [-0.2, -0.15) is 5.26 Å². The number of rotatable bonds is 5. The lowest BCUT2D eigenvalue weighted by Crippen LogP contribution is -2.27. The van der Waals surface area contributed by atoms with E-state index in [9.17, 15) is 18.3 Å². The van der Waals surface area contributed by atoms with E-state index >= 15 is 0 Å². The minimum absolute atomic E-state index is 0.331. The van der Waals surface area contributed by atoms with Crippen molar-refractivity contribution in [3.05, 3.63) is 29.8 Å². The molecular formula is C11H10F3NO3. The van der Waals surface area contributed by atoms with Gasteiger partial charge in [-0.15, -0.1) is 13.2 Å². The molecule has 0 radical (unpaired) electrons. The number of aliphatic hydroxyl groups excluding tert-OH is 1. The highest BCUT2D eigenvalue weighted by Crippen LogP contribution is 2.16. The number of nitrogens with zero attached hydrogens (tertiary/aromatic N) is 1. The van der Waals surface area contributed by atoms with Gasteiger partial charge >= 0.3 is 6.36 Å². The van der Waals surface area contributed by atoms with Gasteiger partial charge in [-0.1, -0.05) is 0 Å². The molecule has 0 amide bonds. The molecule has 1 aromatic carbocycles. The van der Waals surface area contributed by atoms with Crippen LogP contribution in [0.3, 0.4) is 0 Å². The predicted molar refractivity (Wildman–Crippen MR) is 54.7 cm³/mol. The van der Waals surface area contributed by atoms with E-state index in [0.29, 0.717) is 11.3 Å². The highest BCUT2D eigenvalue weighted by Gasteiger charge is 2.30. The number of benzene rings is 1. The fourth-order valence-corrected chi connectivity index (χ4v) is 1.06. The lowest BCUT2D eigenvalue weighted by Gasteiger charge is -2.13. The zero-order valence-electron chi connectivity index (χ0n) is 9.15. The van der Waals surface area contributed by atoms with Gasteiger partial charge in [-0.25, -0.2) is 0 Å². The highest BCUT2D eigenvalue weighted by atomic mass is 19.4. The first-order chi connectivity index (χ1) is 8.40. The molecule has 0 fully saturated rings. The second-order valence-electron chi connectivity index (χ2n) is 3.36. The van der Waals surface area contributed by atoms with E-state index in [1.54, 1.807) is 0 Å². The molecule has 0 aliphatic carbocycles. The quantitative estimate of drug-likeness (QED) is 0.878. The number of hydrogen-bond donors (Lipinski definition) is 1. The van der Waals surface area contributed by atoms with Crippen LogP contribution in [0.5, 0.6) is 5.75 Å². The van der Waals surface area contributed by atoms with E-state index < -0.39 is 19.1 Å². The highest BCUT2D eigenvalue weighted by molar-refractivity contribution is 5.34. The Morgan fingerprint density at radius 3 is 2.33 bits per heavy atom. The molecule has 4 nitrogen and oxygen atoms in total. The van der Waals surface area contributed by atoms with Gasteiger partial charge in [-0.05, 0) is 24.3 Å². The summed E-state index contributed by atoms with van der Waals surface area (Å²) in [7, 11) is 0. The molecule has 18 heavy (non-hydrogen) atoms. The molecule has 0 spiro atoms. The van der Waals surface area contributed by atoms with Crippen molar-refractivity contribution in [1.29, 1.82) is 5.26 Å². The Morgan fingerprint density at radius 2 is 1.83 bits per heavy atom. The fraction of sp³-hybridized carbons (Fsp3) is 0.364. The van der Waals surface area contributed by atoms with E-state index in [4.69, 9.17) is 10.00 Å². The van der Waals surface area contributed by atoms with Crippen LogP contribution in [0.1, 0.15) is 5.56 Å². The van der Waals surface area contributed by atoms with Crippen molar-refractivity contribution < 1.29 is 27.8 Å². The van der Waals surface area contributed by atoms with Crippen LogP contribution in [0.25, 0.3) is 0 Å². The molecule has 0 bridgehead atoms. The molecule has 1 aromatic rings. The number of hydrogen-bond acceptors (Lipinski definition) is 4. The van der Waals surface area contributed by atoms with Crippen LogP contribution in [0.4, 0.5) is 13.2 Å². The number of alkyl halides is 3. The Balaban J connectivity index is 2.33. The first-order valence-electron chi connectivity index (χ1n) is 4.92. The van der Waals surface area contributed by atoms with Crippen molar-refractivity contribution in [1.82, 2.24) is 0 Å². The summed E-state index contributed by atoms with van der Waals surface area (Å²) in [6.07, 6.45) is -6.16. The lowest BCUT2D eigenvalue weighted by molar-refractivity contribution is -0.331. The second-order valence-corrected chi connectivity index (χ2v) is 3.36. The van der Waals surface area contributed by atoms with Gasteiger partial charge in [0.05, 0.1) is 18.2 Å². The molecule has 1 N–H and O–H groups in total. The summed E-state index contributed by atoms with van der Waals surface area (Å²) in [5.74, 6) is 0.347. The minimum Gasteiger partial charge on any atom is -0.491 e. The van der Waals surface area contributed by atoms with E-state index in [2.05, 4.69) is 4.74 Å². The molecule has 1 unspecified atom stereocenters. The monoisotopic (exact) mass is 261 g/mol. The van der Waals surface area contributed by atoms with Crippen molar-refractivity contribution in [2.75, 3.05) is 13.2 Å². The molecule has 7 heteroatoms. The zero-order chi connectivity index (χ0) is 13.6. The van der Waals surface area contributed by atoms with Crippen LogP contribution >= 0.6 is 0 Å². The number of aliphatic hydroxyl groups is 1. The van der Waals surface area contributed by atoms with Crippen LogP contribution in [0.15, 0.2) is 24.3 Å². The van der Waals surface area contributed by atoms with Crippen molar-refractivity contribution in [3.8, 4) is 11.8 Å². The van der Waals surface area contributed by atoms with Gasteiger partial charge in [-0.3, -0.25) is 4.74 Å². The molecule has 0 saturated carbocycles. The SMILES string of the molecule is N#Cc1ccc(OCC(O)COC(F)(F)F)cc1. The Hall–Kier alpha value is -1.78. The van der Waals surface area contributed by atoms with Gasteiger partial charge in [0, 0.05) is 0 Å². The van der Waals surface area contributed by atoms with E-state index in [-0.39, 0.29) is 6.61 Å². The van der Waals surface area contributed by atoms with E-state index in [0.717, 1.165) is 0 Å². The molecule has 0 aliphatic rings. The summed E-state index contributed by atoms with van der Waals surface area (Å²) in [5.41, 5.74) is 0.434. The lowest BCUT2D eigenvalue weighted by atomic mass is 10.2. The second kappa shape index (κ2) is 6.23. The van der Waals surface area contributed by atoms with Crippen molar-refractivity contribution >= 4 is 0 Å². The third kappa shape index (κ3) is 5.52. The summed E-state index contributed by atoms with van der Waals surface area (Å²) in [6, 6.07) is 7.86. The fourth-order valence-electron chi connectivity index (χ4n) is 1.06. The van der Waals surface area contributed by atoms with Gasteiger partial charge in [0.2, 0.25) is 0 Å². The molecule has 0 saturated heterocycles. The predicted octanol–water partition coefficient (Wildman–Crippen LogP) is 1.83. The van der Waals surface area contributed by atoms with Crippen LogP contribution in [0.2, 0.25) is 0 Å². The summed E-state index contributed by atoms with van der Waals surface area (Å²) in [6.45, 7) is -1.22. The molecular weight excluding hydrogens is 251 g/mol. The van der Waals surface area contributed by atoms with E-state index in [1.165, 1.54) is 24.3 Å². The third-order valence-corrected chi connectivity index (χ3v) is 1.87. The Kier molecular flexibility index (Phi) is 4.95. The van der Waals surface area contributed by atoms with Gasteiger partial charge in [0.15, 0.2) is 0 Å². The number of ether oxygens (including phenoxy) is 2. The smallest absolute Gasteiger partial charge is 0.491 e. The van der Waals surface area contributed by atoms with Crippen molar-refractivity contribution in [2.45, 2.75) is 12.5 Å². The number of halogens is 3. The van der Waals surface area contributed by atoms with Crippen LogP contribution in [-0.2, 0) is 4.74 Å². The topological polar surface area (TPSA) is 62.5 Å².